The molecular formula is C14H13N5. The van der Waals surface area contributed by atoms with Gasteiger partial charge in [0.2, 0.25) is 0 Å². The number of rotatable bonds is 3. The summed E-state index contributed by atoms with van der Waals surface area (Å²) >= 11 is 0. The van der Waals surface area contributed by atoms with E-state index in [4.69, 9.17) is 0 Å². The summed E-state index contributed by atoms with van der Waals surface area (Å²) in [5.41, 5.74) is 3.43. The SMILES string of the molecule is CNC(c1cnccn1)c1cnc2ccccc2n1. The maximum absolute atomic E-state index is 4.63. The highest BCUT2D eigenvalue weighted by Gasteiger charge is 2.15. The third kappa shape index (κ3) is 2.28. The van der Waals surface area contributed by atoms with Gasteiger partial charge in [0.05, 0.1) is 40.9 Å². The lowest BCUT2D eigenvalue weighted by molar-refractivity contribution is 0.648. The smallest absolute Gasteiger partial charge is 0.0954 e. The first-order chi connectivity index (χ1) is 9.38. The standard InChI is InChI=1S/C14H13N5/c1-15-14(12-8-16-6-7-17-12)13-9-18-10-4-2-3-5-11(10)19-13/h2-9,14-15H,1H3. The van der Waals surface area contributed by atoms with E-state index >= 15 is 0 Å². The molecule has 1 atom stereocenters. The normalized spacial score (nSPS) is 12.5. The lowest BCUT2D eigenvalue weighted by Crippen LogP contribution is -2.20. The third-order valence-electron chi connectivity index (χ3n) is 2.93. The fourth-order valence-corrected chi connectivity index (χ4v) is 2.02. The molecule has 0 fully saturated rings. The minimum atomic E-state index is -0.106. The van der Waals surface area contributed by atoms with Gasteiger partial charge < -0.3 is 5.32 Å². The van der Waals surface area contributed by atoms with Gasteiger partial charge in [-0.1, -0.05) is 12.1 Å². The van der Waals surface area contributed by atoms with E-state index in [9.17, 15) is 0 Å². The predicted octanol–water partition coefficient (Wildman–Crippen LogP) is 1.73. The molecule has 0 spiro atoms. The van der Waals surface area contributed by atoms with Crippen LogP contribution in [0.2, 0.25) is 0 Å². The summed E-state index contributed by atoms with van der Waals surface area (Å²) in [4.78, 5) is 17.5. The van der Waals surface area contributed by atoms with Gasteiger partial charge in [0.15, 0.2) is 0 Å². The van der Waals surface area contributed by atoms with Crippen LogP contribution in [0.25, 0.3) is 11.0 Å². The molecule has 0 aliphatic rings. The van der Waals surface area contributed by atoms with Crippen LogP contribution in [0.3, 0.4) is 0 Å². The first-order valence-corrected chi connectivity index (χ1v) is 6.03. The second kappa shape index (κ2) is 5.07. The maximum atomic E-state index is 4.63. The first-order valence-electron chi connectivity index (χ1n) is 6.03. The molecule has 0 radical (unpaired) electrons. The summed E-state index contributed by atoms with van der Waals surface area (Å²) in [7, 11) is 1.87. The Morgan fingerprint density at radius 1 is 0.947 bits per heavy atom. The molecule has 1 N–H and O–H groups in total. The molecule has 0 aliphatic carbocycles. The van der Waals surface area contributed by atoms with Gasteiger partial charge in [-0.15, -0.1) is 0 Å². The minimum Gasteiger partial charge on any atom is -0.307 e. The van der Waals surface area contributed by atoms with Crippen LogP contribution in [0.1, 0.15) is 17.4 Å². The van der Waals surface area contributed by atoms with E-state index in [0.29, 0.717) is 0 Å². The zero-order valence-electron chi connectivity index (χ0n) is 10.5. The molecular weight excluding hydrogens is 238 g/mol. The van der Waals surface area contributed by atoms with Crippen molar-refractivity contribution in [2.24, 2.45) is 0 Å². The van der Waals surface area contributed by atoms with E-state index in [0.717, 1.165) is 22.4 Å². The summed E-state index contributed by atoms with van der Waals surface area (Å²) in [6, 6.07) is 7.70. The molecule has 0 aliphatic heterocycles. The lowest BCUT2D eigenvalue weighted by atomic mass is 10.1. The van der Waals surface area contributed by atoms with Crippen molar-refractivity contribution in [3.05, 3.63) is 60.4 Å². The van der Waals surface area contributed by atoms with Crippen molar-refractivity contribution in [2.75, 3.05) is 7.05 Å². The van der Waals surface area contributed by atoms with E-state index in [-0.39, 0.29) is 6.04 Å². The summed E-state index contributed by atoms with van der Waals surface area (Å²) in [5, 5.41) is 3.19. The van der Waals surface area contributed by atoms with Gasteiger partial charge in [0.25, 0.3) is 0 Å². The van der Waals surface area contributed by atoms with Crippen LogP contribution in [0.4, 0.5) is 0 Å². The van der Waals surface area contributed by atoms with Gasteiger partial charge in [-0.2, -0.15) is 0 Å². The second-order valence-corrected chi connectivity index (χ2v) is 4.14. The number of benzene rings is 1. The third-order valence-corrected chi connectivity index (χ3v) is 2.93. The molecule has 1 aromatic carbocycles. The largest absolute Gasteiger partial charge is 0.307 e. The van der Waals surface area contributed by atoms with Crippen LogP contribution in [0, 0.1) is 0 Å². The monoisotopic (exact) mass is 251 g/mol. The number of fused-ring (bicyclic) bond motifs is 1. The van der Waals surface area contributed by atoms with E-state index in [1.54, 1.807) is 24.8 Å². The predicted molar refractivity (Wildman–Crippen MR) is 72.5 cm³/mol. The van der Waals surface area contributed by atoms with Gasteiger partial charge in [-0.25, -0.2) is 4.98 Å². The van der Waals surface area contributed by atoms with Crippen molar-refractivity contribution in [3.8, 4) is 0 Å². The summed E-state index contributed by atoms with van der Waals surface area (Å²) in [5.74, 6) is 0. The second-order valence-electron chi connectivity index (χ2n) is 4.14. The number of aromatic nitrogens is 4. The Hall–Kier alpha value is -2.40. The van der Waals surface area contributed by atoms with Gasteiger partial charge in [0, 0.05) is 12.4 Å². The zero-order valence-corrected chi connectivity index (χ0v) is 10.5. The van der Waals surface area contributed by atoms with Gasteiger partial charge in [-0.3, -0.25) is 15.0 Å². The Morgan fingerprint density at radius 2 is 1.79 bits per heavy atom. The fraction of sp³-hybridized carbons (Fsp3) is 0.143. The first kappa shape index (κ1) is 11.7. The summed E-state index contributed by atoms with van der Waals surface area (Å²) in [6.07, 6.45) is 6.84. The summed E-state index contributed by atoms with van der Waals surface area (Å²) < 4.78 is 0. The molecule has 19 heavy (non-hydrogen) atoms. The van der Waals surface area contributed by atoms with Crippen LogP contribution in [0.15, 0.2) is 49.1 Å². The molecule has 0 bridgehead atoms. The minimum absolute atomic E-state index is 0.106. The Morgan fingerprint density at radius 3 is 2.53 bits per heavy atom. The number of hydrogen-bond donors (Lipinski definition) is 1. The van der Waals surface area contributed by atoms with Crippen molar-refractivity contribution in [2.45, 2.75) is 6.04 Å². The molecule has 94 valence electrons. The molecule has 1 unspecified atom stereocenters. The number of para-hydroxylation sites is 2. The number of hydrogen-bond acceptors (Lipinski definition) is 5. The highest BCUT2D eigenvalue weighted by atomic mass is 15.0. The van der Waals surface area contributed by atoms with Crippen LogP contribution in [-0.4, -0.2) is 27.0 Å². The van der Waals surface area contributed by atoms with Crippen LogP contribution >= 0.6 is 0 Å². The van der Waals surface area contributed by atoms with Crippen molar-refractivity contribution in [1.29, 1.82) is 0 Å². The molecule has 0 saturated carbocycles. The van der Waals surface area contributed by atoms with Crippen LogP contribution in [0.5, 0.6) is 0 Å². The topological polar surface area (TPSA) is 63.6 Å². The van der Waals surface area contributed by atoms with E-state index in [2.05, 4.69) is 25.3 Å². The maximum Gasteiger partial charge on any atom is 0.0954 e. The highest BCUT2D eigenvalue weighted by Crippen LogP contribution is 2.18. The van der Waals surface area contributed by atoms with Crippen molar-refractivity contribution < 1.29 is 0 Å². The Labute approximate surface area is 110 Å². The van der Waals surface area contributed by atoms with Crippen LogP contribution < -0.4 is 5.32 Å². The molecule has 3 aromatic rings. The molecule has 0 saturated heterocycles. The highest BCUT2D eigenvalue weighted by molar-refractivity contribution is 5.73. The van der Waals surface area contributed by atoms with E-state index in [1.165, 1.54) is 0 Å². The molecule has 0 amide bonds. The molecule has 2 aromatic heterocycles. The average molecular weight is 251 g/mol. The Bertz CT molecular complexity index is 683. The number of nitrogens with zero attached hydrogens (tertiary/aromatic N) is 4. The zero-order chi connectivity index (χ0) is 13.1. The molecule has 2 heterocycles. The van der Waals surface area contributed by atoms with E-state index < -0.39 is 0 Å². The Kier molecular flexibility index (Phi) is 3.12. The van der Waals surface area contributed by atoms with Gasteiger partial charge in [-0.05, 0) is 19.2 Å². The van der Waals surface area contributed by atoms with Crippen molar-refractivity contribution in [1.82, 2.24) is 25.3 Å². The van der Waals surface area contributed by atoms with E-state index in [1.807, 2.05) is 31.3 Å². The Balaban J connectivity index is 2.06. The molecule has 5 nitrogen and oxygen atoms in total. The van der Waals surface area contributed by atoms with Gasteiger partial charge in [0.1, 0.15) is 0 Å². The van der Waals surface area contributed by atoms with Gasteiger partial charge >= 0.3 is 0 Å². The fourth-order valence-electron chi connectivity index (χ4n) is 2.02. The average Bonchev–Trinajstić information content (AvgIpc) is 2.49. The molecule has 3 rings (SSSR count). The van der Waals surface area contributed by atoms with Crippen LogP contribution in [-0.2, 0) is 0 Å². The number of nitrogens with one attached hydrogen (secondary N) is 1. The lowest BCUT2D eigenvalue weighted by Gasteiger charge is -2.14. The molecule has 5 heteroatoms. The quantitative estimate of drug-likeness (QED) is 0.768. The summed E-state index contributed by atoms with van der Waals surface area (Å²) in [6.45, 7) is 0. The van der Waals surface area contributed by atoms with Crippen molar-refractivity contribution in [3.63, 3.8) is 0 Å². The van der Waals surface area contributed by atoms with Crippen molar-refractivity contribution >= 4 is 11.0 Å².